The van der Waals surface area contributed by atoms with Crippen LogP contribution in [-0.2, 0) is 21.2 Å². The zero-order chi connectivity index (χ0) is 16.0. The zero-order valence-electron chi connectivity index (χ0n) is 11.5. The highest BCUT2D eigenvalue weighted by atomic mass is 32.2. The Morgan fingerprint density at radius 2 is 1.90 bits per heavy atom. The van der Waals surface area contributed by atoms with Gasteiger partial charge in [0.2, 0.25) is 10.0 Å². The number of halogens is 2. The van der Waals surface area contributed by atoms with E-state index in [1.807, 2.05) is 0 Å². The average molecular weight is 321 g/mol. The summed E-state index contributed by atoms with van der Waals surface area (Å²) in [5.41, 5.74) is -0.182. The maximum atomic E-state index is 13.5. The molecule has 0 amide bonds. The number of carbonyl (C=O) groups is 1. The van der Waals surface area contributed by atoms with E-state index in [2.05, 4.69) is 4.72 Å². The first-order valence-corrected chi connectivity index (χ1v) is 8.01. The highest BCUT2D eigenvalue weighted by Crippen LogP contribution is 2.14. The molecule has 0 bridgehead atoms. The van der Waals surface area contributed by atoms with E-state index >= 15 is 0 Å². The summed E-state index contributed by atoms with van der Waals surface area (Å²) in [6.45, 7) is 1.49. The molecule has 1 aromatic rings. The van der Waals surface area contributed by atoms with Gasteiger partial charge in [-0.05, 0) is 31.9 Å². The highest BCUT2D eigenvalue weighted by Gasteiger charge is 2.18. The third-order valence-electron chi connectivity index (χ3n) is 2.76. The number of rotatable bonds is 8. The van der Waals surface area contributed by atoms with Crippen molar-refractivity contribution in [3.8, 4) is 0 Å². The van der Waals surface area contributed by atoms with Crippen molar-refractivity contribution in [3.63, 3.8) is 0 Å². The molecule has 0 saturated carbocycles. The van der Waals surface area contributed by atoms with E-state index in [1.165, 1.54) is 13.0 Å². The normalized spacial score (nSPS) is 13.1. The second kappa shape index (κ2) is 7.46. The molecule has 1 unspecified atom stereocenters. The van der Waals surface area contributed by atoms with Crippen LogP contribution in [0.4, 0.5) is 8.78 Å². The lowest BCUT2D eigenvalue weighted by Crippen LogP contribution is -2.36. The lowest BCUT2D eigenvalue weighted by molar-refractivity contribution is -0.137. The fourth-order valence-electron chi connectivity index (χ4n) is 1.85. The average Bonchev–Trinajstić information content (AvgIpc) is 2.32. The molecule has 2 N–H and O–H groups in total. The third-order valence-corrected chi connectivity index (χ3v) is 4.34. The molecule has 0 aliphatic carbocycles. The molecule has 1 atom stereocenters. The van der Waals surface area contributed by atoms with Crippen molar-refractivity contribution in [2.45, 2.75) is 32.2 Å². The van der Waals surface area contributed by atoms with Gasteiger partial charge in [-0.2, -0.15) is 0 Å². The highest BCUT2D eigenvalue weighted by molar-refractivity contribution is 7.89. The van der Waals surface area contributed by atoms with Crippen LogP contribution in [0.1, 0.15) is 25.3 Å². The van der Waals surface area contributed by atoms with Crippen LogP contribution in [0.25, 0.3) is 0 Å². The number of hydrogen-bond acceptors (Lipinski definition) is 3. The van der Waals surface area contributed by atoms with Gasteiger partial charge in [0.15, 0.2) is 0 Å². The molecule has 0 spiro atoms. The number of sulfonamides is 1. The van der Waals surface area contributed by atoms with E-state index in [0.29, 0.717) is 0 Å². The van der Waals surface area contributed by atoms with Gasteiger partial charge in [0.1, 0.15) is 11.6 Å². The largest absolute Gasteiger partial charge is 0.481 e. The number of carboxylic acid groups (broad SMARTS) is 1. The van der Waals surface area contributed by atoms with Crippen LogP contribution in [0.3, 0.4) is 0 Å². The summed E-state index contributed by atoms with van der Waals surface area (Å²) in [5, 5.41) is 8.45. The van der Waals surface area contributed by atoms with Crippen molar-refractivity contribution < 1.29 is 27.1 Å². The topological polar surface area (TPSA) is 83.5 Å². The fraction of sp³-hybridized carbons (Fsp3) is 0.462. The SMILES string of the molecule is CC(Cc1c(F)cccc1F)NS(=O)(=O)CCCC(=O)O. The molecule has 1 aromatic carbocycles. The second-order valence-electron chi connectivity index (χ2n) is 4.74. The first-order valence-electron chi connectivity index (χ1n) is 6.36. The summed E-state index contributed by atoms with van der Waals surface area (Å²) in [6, 6.07) is 2.74. The van der Waals surface area contributed by atoms with Crippen LogP contribution in [-0.4, -0.2) is 31.3 Å². The van der Waals surface area contributed by atoms with Crippen molar-refractivity contribution in [2.75, 3.05) is 5.75 Å². The quantitative estimate of drug-likeness (QED) is 0.763. The van der Waals surface area contributed by atoms with Crippen LogP contribution in [0.2, 0.25) is 0 Å². The monoisotopic (exact) mass is 321 g/mol. The number of hydrogen-bond donors (Lipinski definition) is 2. The molecule has 0 aliphatic rings. The fourth-order valence-corrected chi connectivity index (χ4v) is 3.19. The van der Waals surface area contributed by atoms with Gasteiger partial charge in [0.25, 0.3) is 0 Å². The summed E-state index contributed by atoms with van der Waals surface area (Å²) in [4.78, 5) is 10.3. The lowest BCUT2D eigenvalue weighted by atomic mass is 10.1. The van der Waals surface area contributed by atoms with E-state index in [0.717, 1.165) is 12.1 Å². The molecule has 0 aromatic heterocycles. The predicted molar refractivity (Wildman–Crippen MR) is 73.3 cm³/mol. The van der Waals surface area contributed by atoms with Crippen molar-refractivity contribution in [1.29, 1.82) is 0 Å². The van der Waals surface area contributed by atoms with Gasteiger partial charge in [-0.1, -0.05) is 6.07 Å². The predicted octanol–water partition coefficient (Wildman–Crippen LogP) is 1.68. The van der Waals surface area contributed by atoms with Crippen LogP contribution in [0, 0.1) is 11.6 Å². The first-order chi connectivity index (χ1) is 9.71. The third kappa shape index (κ3) is 6.17. The second-order valence-corrected chi connectivity index (χ2v) is 6.61. The minimum atomic E-state index is -3.68. The number of carboxylic acids is 1. The van der Waals surface area contributed by atoms with Gasteiger partial charge in [0, 0.05) is 18.0 Å². The lowest BCUT2D eigenvalue weighted by Gasteiger charge is -2.15. The van der Waals surface area contributed by atoms with Crippen LogP contribution in [0.5, 0.6) is 0 Å². The van der Waals surface area contributed by atoms with Crippen LogP contribution in [0.15, 0.2) is 18.2 Å². The zero-order valence-corrected chi connectivity index (χ0v) is 12.3. The summed E-state index contributed by atoms with van der Waals surface area (Å²) in [7, 11) is -3.68. The molecule has 118 valence electrons. The van der Waals surface area contributed by atoms with Gasteiger partial charge >= 0.3 is 5.97 Å². The number of nitrogens with one attached hydrogen (secondary N) is 1. The molecule has 0 saturated heterocycles. The maximum absolute atomic E-state index is 13.5. The Balaban J connectivity index is 2.60. The smallest absolute Gasteiger partial charge is 0.303 e. The molecular formula is C13H17F2NO4S. The molecule has 1 rings (SSSR count). The van der Waals surface area contributed by atoms with E-state index in [9.17, 15) is 22.0 Å². The Bertz CT molecular complexity index is 584. The van der Waals surface area contributed by atoms with Gasteiger partial charge in [0.05, 0.1) is 5.75 Å². The molecule has 5 nitrogen and oxygen atoms in total. The van der Waals surface area contributed by atoms with Crippen molar-refractivity contribution in [2.24, 2.45) is 0 Å². The number of benzene rings is 1. The van der Waals surface area contributed by atoms with E-state index in [-0.39, 0.29) is 30.6 Å². The first kappa shape index (κ1) is 17.5. The minimum absolute atomic E-state index is 0.0224. The van der Waals surface area contributed by atoms with E-state index in [1.54, 1.807) is 0 Å². The summed E-state index contributed by atoms with van der Waals surface area (Å²) < 4.78 is 52.6. The van der Waals surface area contributed by atoms with Gasteiger partial charge in [-0.15, -0.1) is 0 Å². The number of aliphatic carboxylic acids is 1. The Morgan fingerprint density at radius 3 is 2.43 bits per heavy atom. The Labute approximate surface area is 122 Å². The van der Waals surface area contributed by atoms with Crippen molar-refractivity contribution in [3.05, 3.63) is 35.4 Å². The van der Waals surface area contributed by atoms with Gasteiger partial charge < -0.3 is 5.11 Å². The molecule has 21 heavy (non-hydrogen) atoms. The molecule has 0 heterocycles. The molecule has 0 radical (unpaired) electrons. The van der Waals surface area contributed by atoms with Gasteiger partial charge in [-0.3, -0.25) is 4.79 Å². The minimum Gasteiger partial charge on any atom is -0.481 e. The summed E-state index contributed by atoms with van der Waals surface area (Å²) >= 11 is 0. The summed E-state index contributed by atoms with van der Waals surface area (Å²) in [5.74, 6) is -2.88. The molecular weight excluding hydrogens is 304 g/mol. The standard InChI is InChI=1S/C13H17F2NO4S/c1-9(8-10-11(14)4-2-5-12(10)15)16-21(19,20)7-3-6-13(17)18/h2,4-5,9,16H,3,6-8H2,1H3,(H,17,18). The maximum Gasteiger partial charge on any atom is 0.303 e. The van der Waals surface area contributed by atoms with Crippen molar-refractivity contribution in [1.82, 2.24) is 4.72 Å². The Morgan fingerprint density at radius 1 is 1.33 bits per heavy atom. The molecule has 0 fully saturated rings. The molecule has 0 aliphatic heterocycles. The Hall–Kier alpha value is -1.54. The Kier molecular flexibility index (Phi) is 6.22. The molecule has 8 heteroatoms. The van der Waals surface area contributed by atoms with E-state index < -0.39 is 33.7 Å². The van der Waals surface area contributed by atoms with E-state index in [4.69, 9.17) is 5.11 Å². The van der Waals surface area contributed by atoms with Gasteiger partial charge in [-0.25, -0.2) is 21.9 Å². The van der Waals surface area contributed by atoms with Crippen LogP contribution < -0.4 is 4.72 Å². The van der Waals surface area contributed by atoms with Crippen LogP contribution >= 0.6 is 0 Å². The van der Waals surface area contributed by atoms with Crippen molar-refractivity contribution >= 4 is 16.0 Å². The summed E-state index contributed by atoms with van der Waals surface area (Å²) in [6.07, 6.45) is -0.403.